The van der Waals surface area contributed by atoms with E-state index in [0.717, 1.165) is 10.6 Å². The Morgan fingerprint density at radius 1 is 1.19 bits per heavy atom. The molecule has 0 fully saturated rings. The predicted octanol–water partition coefficient (Wildman–Crippen LogP) is 4.63. The molecular weight excluding hydrogens is 369 g/mol. The van der Waals surface area contributed by atoms with E-state index >= 15 is 0 Å². The maximum atomic E-state index is 13.6. The van der Waals surface area contributed by atoms with Crippen molar-refractivity contribution in [3.05, 3.63) is 64.4 Å². The molecule has 0 amide bonds. The fraction of sp³-hybridized carbons (Fsp3) is 0.200. The summed E-state index contributed by atoms with van der Waals surface area (Å²) in [5, 5.41) is 2.52. The summed E-state index contributed by atoms with van der Waals surface area (Å²) in [5.41, 5.74) is 2.03. The molecule has 0 saturated carbocycles. The van der Waals surface area contributed by atoms with Crippen LogP contribution in [0.3, 0.4) is 0 Å². The van der Waals surface area contributed by atoms with Crippen LogP contribution in [0.15, 0.2) is 41.8 Å². The maximum Gasteiger partial charge on any atom is 0.338 e. The largest absolute Gasteiger partial charge is 0.493 e. The minimum Gasteiger partial charge on any atom is -0.493 e. The first-order valence-corrected chi connectivity index (χ1v) is 9.00. The fourth-order valence-electron chi connectivity index (χ4n) is 2.50. The molecule has 0 bridgehead atoms. The Morgan fingerprint density at radius 3 is 2.70 bits per heavy atom. The minimum atomic E-state index is -0.595. The van der Waals surface area contributed by atoms with Crippen LogP contribution in [0.5, 0.6) is 11.5 Å². The van der Waals surface area contributed by atoms with E-state index < -0.39 is 11.8 Å². The molecule has 3 rings (SSSR count). The molecule has 27 heavy (non-hydrogen) atoms. The third-order valence-electron chi connectivity index (χ3n) is 3.94. The summed E-state index contributed by atoms with van der Waals surface area (Å²) < 4.78 is 29.6. The Morgan fingerprint density at radius 2 is 2.00 bits per heavy atom. The van der Waals surface area contributed by atoms with Crippen molar-refractivity contribution < 1.29 is 23.4 Å². The Hall–Kier alpha value is -2.93. The molecule has 0 aliphatic carbocycles. The molecule has 3 aromatic rings. The molecule has 1 aromatic heterocycles. The van der Waals surface area contributed by atoms with E-state index in [2.05, 4.69) is 4.98 Å². The summed E-state index contributed by atoms with van der Waals surface area (Å²) in [6.07, 6.45) is 0. The molecule has 1 heterocycles. The number of hydrogen-bond acceptors (Lipinski definition) is 6. The Bertz CT molecular complexity index is 970. The quantitative estimate of drug-likeness (QED) is 0.577. The summed E-state index contributed by atoms with van der Waals surface area (Å²) in [6, 6.07) is 9.79. The number of halogens is 1. The zero-order valence-corrected chi connectivity index (χ0v) is 15.9. The SMILES string of the molecule is COc1cccc(-c2nc(COC(=O)c3ccc(C)c(F)c3)cs2)c1OC. The van der Waals surface area contributed by atoms with Crippen molar-refractivity contribution in [2.75, 3.05) is 14.2 Å². The summed E-state index contributed by atoms with van der Waals surface area (Å²) >= 11 is 1.41. The van der Waals surface area contributed by atoms with Gasteiger partial charge in [-0.05, 0) is 36.8 Å². The molecule has 0 aliphatic rings. The number of aromatic nitrogens is 1. The number of esters is 1. The van der Waals surface area contributed by atoms with Crippen LogP contribution < -0.4 is 9.47 Å². The summed E-state index contributed by atoms with van der Waals surface area (Å²) in [4.78, 5) is 16.6. The smallest absolute Gasteiger partial charge is 0.338 e. The number of aryl methyl sites for hydroxylation is 1. The lowest BCUT2D eigenvalue weighted by atomic mass is 10.1. The Balaban J connectivity index is 1.73. The van der Waals surface area contributed by atoms with Crippen molar-refractivity contribution in [3.63, 3.8) is 0 Å². The van der Waals surface area contributed by atoms with Crippen LogP contribution >= 0.6 is 11.3 Å². The summed E-state index contributed by atoms with van der Waals surface area (Å²) in [6.45, 7) is 1.63. The van der Waals surface area contributed by atoms with Crippen LogP contribution in [-0.2, 0) is 11.3 Å². The molecule has 0 atom stereocenters. The molecule has 0 N–H and O–H groups in total. The van der Waals surface area contributed by atoms with Gasteiger partial charge in [0.25, 0.3) is 0 Å². The van der Waals surface area contributed by atoms with E-state index in [9.17, 15) is 9.18 Å². The molecule has 2 aromatic carbocycles. The number of hydrogen-bond donors (Lipinski definition) is 0. The van der Waals surface area contributed by atoms with Gasteiger partial charge in [0.05, 0.1) is 31.0 Å². The van der Waals surface area contributed by atoms with E-state index in [1.807, 2.05) is 12.1 Å². The lowest BCUT2D eigenvalue weighted by Crippen LogP contribution is -2.06. The normalized spacial score (nSPS) is 10.5. The second-order valence-corrected chi connectivity index (χ2v) is 6.58. The standard InChI is InChI=1S/C20H18FNO4S/c1-12-7-8-13(9-16(12)21)20(23)26-10-14-11-27-19(22-14)15-5-4-6-17(24-2)18(15)25-3/h4-9,11H,10H2,1-3H3. The highest BCUT2D eigenvalue weighted by atomic mass is 32.1. The highest BCUT2D eigenvalue weighted by Crippen LogP contribution is 2.39. The number of carbonyl (C=O) groups excluding carboxylic acids is 1. The number of benzene rings is 2. The second-order valence-electron chi connectivity index (χ2n) is 5.73. The lowest BCUT2D eigenvalue weighted by molar-refractivity contribution is 0.0468. The van der Waals surface area contributed by atoms with Gasteiger partial charge in [0, 0.05) is 5.38 Å². The van der Waals surface area contributed by atoms with Gasteiger partial charge < -0.3 is 14.2 Å². The molecular formula is C20H18FNO4S. The van der Waals surface area contributed by atoms with Crippen molar-refractivity contribution in [1.82, 2.24) is 4.98 Å². The van der Waals surface area contributed by atoms with Crippen molar-refractivity contribution in [2.45, 2.75) is 13.5 Å². The average molecular weight is 387 g/mol. The van der Waals surface area contributed by atoms with E-state index in [-0.39, 0.29) is 12.2 Å². The zero-order valence-electron chi connectivity index (χ0n) is 15.1. The number of methoxy groups -OCH3 is 2. The van der Waals surface area contributed by atoms with Gasteiger partial charge in [-0.2, -0.15) is 0 Å². The van der Waals surface area contributed by atoms with Gasteiger partial charge in [-0.1, -0.05) is 12.1 Å². The number of carbonyl (C=O) groups is 1. The molecule has 0 aliphatic heterocycles. The van der Waals surface area contributed by atoms with Gasteiger partial charge in [0.15, 0.2) is 11.5 Å². The first-order chi connectivity index (χ1) is 13.0. The van der Waals surface area contributed by atoms with Crippen molar-refractivity contribution in [2.24, 2.45) is 0 Å². The molecule has 0 unspecified atom stereocenters. The van der Waals surface area contributed by atoms with E-state index in [0.29, 0.717) is 22.8 Å². The monoisotopic (exact) mass is 387 g/mol. The third-order valence-corrected chi connectivity index (χ3v) is 4.87. The van der Waals surface area contributed by atoms with Crippen LogP contribution in [0.4, 0.5) is 4.39 Å². The number of thiazole rings is 1. The Labute approximate surface area is 160 Å². The van der Waals surface area contributed by atoms with Crippen LogP contribution in [0.2, 0.25) is 0 Å². The third kappa shape index (κ3) is 4.09. The average Bonchev–Trinajstić information content (AvgIpc) is 3.16. The van der Waals surface area contributed by atoms with Crippen molar-refractivity contribution in [1.29, 1.82) is 0 Å². The molecule has 0 radical (unpaired) electrons. The van der Waals surface area contributed by atoms with Gasteiger partial charge in [-0.3, -0.25) is 0 Å². The number of ether oxygens (including phenoxy) is 3. The lowest BCUT2D eigenvalue weighted by Gasteiger charge is -2.10. The first-order valence-electron chi connectivity index (χ1n) is 8.12. The van der Waals surface area contributed by atoms with E-state index in [1.54, 1.807) is 38.7 Å². The second kappa shape index (κ2) is 8.18. The van der Waals surface area contributed by atoms with Crippen LogP contribution in [0.1, 0.15) is 21.6 Å². The van der Waals surface area contributed by atoms with Gasteiger partial charge in [0.1, 0.15) is 17.4 Å². The first kappa shape index (κ1) is 18.8. The molecule has 5 nitrogen and oxygen atoms in total. The Kier molecular flexibility index (Phi) is 5.71. The predicted molar refractivity (Wildman–Crippen MR) is 101 cm³/mol. The minimum absolute atomic E-state index is 0.00286. The van der Waals surface area contributed by atoms with Gasteiger partial charge in [-0.25, -0.2) is 14.2 Å². The van der Waals surface area contributed by atoms with Gasteiger partial charge in [-0.15, -0.1) is 11.3 Å². The molecule has 7 heteroatoms. The highest BCUT2D eigenvalue weighted by Gasteiger charge is 2.16. The van der Waals surface area contributed by atoms with E-state index in [4.69, 9.17) is 14.2 Å². The van der Waals surface area contributed by atoms with Crippen LogP contribution in [0, 0.1) is 12.7 Å². The fourth-order valence-corrected chi connectivity index (χ4v) is 3.32. The van der Waals surface area contributed by atoms with E-state index in [1.165, 1.54) is 23.5 Å². The summed E-state index contributed by atoms with van der Waals surface area (Å²) in [7, 11) is 3.14. The number of para-hydroxylation sites is 1. The van der Waals surface area contributed by atoms with Gasteiger partial charge >= 0.3 is 5.97 Å². The van der Waals surface area contributed by atoms with Crippen molar-refractivity contribution in [3.8, 4) is 22.1 Å². The van der Waals surface area contributed by atoms with Crippen LogP contribution in [-0.4, -0.2) is 25.2 Å². The van der Waals surface area contributed by atoms with Gasteiger partial charge in [0.2, 0.25) is 0 Å². The maximum absolute atomic E-state index is 13.6. The number of rotatable bonds is 6. The highest BCUT2D eigenvalue weighted by molar-refractivity contribution is 7.13. The van der Waals surface area contributed by atoms with Crippen molar-refractivity contribution >= 4 is 17.3 Å². The zero-order chi connectivity index (χ0) is 19.4. The van der Waals surface area contributed by atoms with Crippen LogP contribution in [0.25, 0.3) is 10.6 Å². The number of nitrogens with zero attached hydrogens (tertiary/aromatic N) is 1. The molecule has 140 valence electrons. The topological polar surface area (TPSA) is 57.7 Å². The molecule has 0 saturated heterocycles. The summed E-state index contributed by atoms with van der Waals surface area (Å²) in [5.74, 6) is 0.167. The molecule has 0 spiro atoms.